The molecule has 0 aromatic carbocycles. The first-order valence-electron chi connectivity index (χ1n) is 4.59. The first kappa shape index (κ1) is 13.8. The standard InChI is InChI=1S/C9H10ClF3N2O2/c1-4-6(10)7(9(11,12)13)14-15(4)5(2)8(16)17-3/h5H,1-3H3. The third-order valence-corrected chi connectivity index (χ3v) is 2.71. The Balaban J connectivity index is 3.25. The lowest BCUT2D eigenvalue weighted by Gasteiger charge is -2.11. The number of alkyl halides is 3. The third kappa shape index (κ3) is 2.54. The molecule has 1 aromatic rings. The number of ether oxygens (including phenoxy) is 1. The van der Waals surface area contributed by atoms with Gasteiger partial charge in [-0.1, -0.05) is 11.6 Å². The molecule has 0 fully saturated rings. The molecule has 0 aliphatic carbocycles. The minimum Gasteiger partial charge on any atom is -0.467 e. The van der Waals surface area contributed by atoms with E-state index in [0.29, 0.717) is 0 Å². The van der Waals surface area contributed by atoms with Crippen LogP contribution < -0.4 is 0 Å². The van der Waals surface area contributed by atoms with E-state index in [1.165, 1.54) is 13.8 Å². The molecule has 0 saturated carbocycles. The van der Waals surface area contributed by atoms with E-state index in [0.717, 1.165) is 11.8 Å². The normalized spacial score (nSPS) is 13.6. The van der Waals surface area contributed by atoms with Crippen LogP contribution >= 0.6 is 11.6 Å². The molecule has 0 radical (unpaired) electrons. The predicted octanol–water partition coefficient (Wildman–Crippen LogP) is 2.60. The van der Waals surface area contributed by atoms with Crippen molar-refractivity contribution in [2.75, 3.05) is 7.11 Å². The van der Waals surface area contributed by atoms with Gasteiger partial charge in [0.1, 0.15) is 6.04 Å². The lowest BCUT2D eigenvalue weighted by atomic mass is 10.3. The summed E-state index contributed by atoms with van der Waals surface area (Å²) in [4.78, 5) is 11.2. The highest BCUT2D eigenvalue weighted by Gasteiger charge is 2.39. The van der Waals surface area contributed by atoms with Crippen molar-refractivity contribution in [1.82, 2.24) is 9.78 Å². The number of aromatic nitrogens is 2. The van der Waals surface area contributed by atoms with Gasteiger partial charge >= 0.3 is 12.1 Å². The van der Waals surface area contributed by atoms with E-state index in [1.807, 2.05) is 0 Å². The monoisotopic (exact) mass is 270 g/mol. The average molecular weight is 271 g/mol. The smallest absolute Gasteiger partial charge is 0.436 e. The van der Waals surface area contributed by atoms with Crippen molar-refractivity contribution in [3.05, 3.63) is 16.4 Å². The van der Waals surface area contributed by atoms with Crippen LogP contribution in [0, 0.1) is 6.92 Å². The van der Waals surface area contributed by atoms with Gasteiger partial charge in [0.25, 0.3) is 0 Å². The molecule has 1 atom stereocenters. The van der Waals surface area contributed by atoms with Crippen molar-refractivity contribution in [3.63, 3.8) is 0 Å². The largest absolute Gasteiger partial charge is 0.467 e. The number of hydrogen-bond donors (Lipinski definition) is 0. The fourth-order valence-electron chi connectivity index (χ4n) is 1.33. The van der Waals surface area contributed by atoms with Gasteiger partial charge in [-0.05, 0) is 13.8 Å². The predicted molar refractivity (Wildman–Crippen MR) is 53.7 cm³/mol. The molecule has 1 rings (SSSR count). The van der Waals surface area contributed by atoms with Gasteiger partial charge in [0, 0.05) is 0 Å². The topological polar surface area (TPSA) is 44.1 Å². The molecule has 0 saturated heterocycles. The number of halogens is 4. The Morgan fingerprint density at radius 3 is 2.41 bits per heavy atom. The summed E-state index contributed by atoms with van der Waals surface area (Å²) in [5, 5.41) is 2.80. The Morgan fingerprint density at radius 1 is 1.53 bits per heavy atom. The molecule has 17 heavy (non-hydrogen) atoms. The fraction of sp³-hybridized carbons (Fsp3) is 0.556. The van der Waals surface area contributed by atoms with Crippen LogP contribution in [0.3, 0.4) is 0 Å². The number of nitrogens with zero attached hydrogens (tertiary/aromatic N) is 2. The van der Waals surface area contributed by atoms with E-state index in [2.05, 4.69) is 9.84 Å². The van der Waals surface area contributed by atoms with E-state index in [-0.39, 0.29) is 5.69 Å². The second-order valence-electron chi connectivity index (χ2n) is 3.39. The van der Waals surface area contributed by atoms with E-state index in [1.54, 1.807) is 0 Å². The SMILES string of the molecule is COC(=O)C(C)n1nc(C(F)(F)F)c(Cl)c1C. The van der Waals surface area contributed by atoms with Crippen molar-refractivity contribution in [2.45, 2.75) is 26.1 Å². The first-order valence-corrected chi connectivity index (χ1v) is 4.97. The minimum atomic E-state index is -4.65. The maximum atomic E-state index is 12.5. The summed E-state index contributed by atoms with van der Waals surface area (Å²) in [6.07, 6.45) is -4.65. The lowest BCUT2D eigenvalue weighted by molar-refractivity contribution is -0.146. The Morgan fingerprint density at radius 2 is 2.06 bits per heavy atom. The van der Waals surface area contributed by atoms with Crippen molar-refractivity contribution < 1.29 is 22.7 Å². The van der Waals surface area contributed by atoms with Gasteiger partial charge in [0.2, 0.25) is 0 Å². The highest BCUT2D eigenvalue weighted by atomic mass is 35.5. The van der Waals surface area contributed by atoms with E-state index in [9.17, 15) is 18.0 Å². The van der Waals surface area contributed by atoms with Crippen molar-refractivity contribution in [1.29, 1.82) is 0 Å². The van der Waals surface area contributed by atoms with Crippen molar-refractivity contribution >= 4 is 17.6 Å². The third-order valence-electron chi connectivity index (χ3n) is 2.25. The molecule has 1 aromatic heterocycles. The Labute approximate surface area is 100 Å². The van der Waals surface area contributed by atoms with Crippen LogP contribution in [-0.2, 0) is 15.7 Å². The first-order chi connectivity index (χ1) is 7.70. The highest BCUT2D eigenvalue weighted by molar-refractivity contribution is 6.32. The van der Waals surface area contributed by atoms with Gasteiger partial charge in [-0.15, -0.1) is 0 Å². The van der Waals surface area contributed by atoms with E-state index in [4.69, 9.17) is 11.6 Å². The summed E-state index contributed by atoms with van der Waals surface area (Å²) in [7, 11) is 1.14. The molecule has 0 amide bonds. The van der Waals surface area contributed by atoms with Gasteiger partial charge in [0.05, 0.1) is 17.8 Å². The summed E-state index contributed by atoms with van der Waals surface area (Å²) >= 11 is 5.54. The maximum absolute atomic E-state index is 12.5. The molecule has 4 nitrogen and oxygen atoms in total. The number of carbonyl (C=O) groups excluding carboxylic acids is 1. The molecule has 0 aliphatic heterocycles. The summed E-state index contributed by atoms with van der Waals surface area (Å²) in [6, 6.07) is -0.964. The number of hydrogen-bond acceptors (Lipinski definition) is 3. The summed E-state index contributed by atoms with van der Waals surface area (Å²) in [5.41, 5.74) is -1.13. The second-order valence-corrected chi connectivity index (χ2v) is 3.77. The number of methoxy groups -OCH3 is 1. The Hall–Kier alpha value is -1.24. The minimum absolute atomic E-state index is 0.0666. The van der Waals surface area contributed by atoms with Gasteiger partial charge < -0.3 is 4.74 Å². The van der Waals surface area contributed by atoms with E-state index >= 15 is 0 Å². The van der Waals surface area contributed by atoms with E-state index < -0.39 is 28.9 Å². The van der Waals surface area contributed by atoms with Crippen LogP contribution in [0.15, 0.2) is 0 Å². The summed E-state index contributed by atoms with van der Waals surface area (Å²) in [5.74, 6) is -0.694. The van der Waals surface area contributed by atoms with Crippen LogP contribution in [0.5, 0.6) is 0 Å². The molecular weight excluding hydrogens is 261 g/mol. The molecule has 1 unspecified atom stereocenters. The maximum Gasteiger partial charge on any atom is 0.436 e. The highest BCUT2D eigenvalue weighted by Crippen LogP contribution is 2.36. The molecule has 0 N–H and O–H groups in total. The van der Waals surface area contributed by atoms with Gasteiger partial charge in [-0.2, -0.15) is 18.3 Å². The number of rotatable bonds is 2. The number of carbonyl (C=O) groups is 1. The molecular formula is C9H10ClF3N2O2. The van der Waals surface area contributed by atoms with Crippen molar-refractivity contribution in [3.8, 4) is 0 Å². The van der Waals surface area contributed by atoms with Crippen LogP contribution in [0.1, 0.15) is 24.4 Å². The van der Waals surface area contributed by atoms with Crippen LogP contribution in [-0.4, -0.2) is 22.9 Å². The van der Waals surface area contributed by atoms with Gasteiger partial charge in [0.15, 0.2) is 5.69 Å². The van der Waals surface area contributed by atoms with Gasteiger partial charge in [-0.3, -0.25) is 4.68 Å². The molecule has 1 heterocycles. The zero-order valence-electron chi connectivity index (χ0n) is 9.30. The molecule has 0 spiro atoms. The van der Waals surface area contributed by atoms with Crippen molar-refractivity contribution in [2.24, 2.45) is 0 Å². The lowest BCUT2D eigenvalue weighted by Crippen LogP contribution is -2.20. The quantitative estimate of drug-likeness (QED) is 0.776. The fourth-order valence-corrected chi connectivity index (χ4v) is 1.56. The molecule has 0 aliphatic rings. The van der Waals surface area contributed by atoms with Crippen LogP contribution in [0.4, 0.5) is 13.2 Å². The number of esters is 1. The Kier molecular flexibility index (Phi) is 3.71. The van der Waals surface area contributed by atoms with Crippen LogP contribution in [0.25, 0.3) is 0 Å². The zero-order valence-corrected chi connectivity index (χ0v) is 10.1. The summed E-state index contributed by atoms with van der Waals surface area (Å²) in [6.45, 7) is 2.73. The molecule has 8 heteroatoms. The van der Waals surface area contributed by atoms with Gasteiger partial charge in [-0.25, -0.2) is 4.79 Å². The Bertz CT molecular complexity index is 442. The van der Waals surface area contributed by atoms with Crippen LogP contribution in [0.2, 0.25) is 5.02 Å². The average Bonchev–Trinajstić information content (AvgIpc) is 2.53. The molecule has 0 bridgehead atoms. The summed E-state index contributed by atoms with van der Waals surface area (Å²) < 4.78 is 42.9. The molecule has 96 valence electrons. The second kappa shape index (κ2) is 4.56. The zero-order chi connectivity index (χ0) is 13.4.